The molecule has 0 unspecified atom stereocenters. The maximum absolute atomic E-state index is 4.55. The normalized spacial score (nSPS) is 11.0. The Morgan fingerprint density at radius 2 is 2.04 bits per heavy atom. The van der Waals surface area contributed by atoms with Crippen LogP contribution in [0.5, 0.6) is 0 Å². The van der Waals surface area contributed by atoms with Crippen molar-refractivity contribution in [3.63, 3.8) is 0 Å². The molecule has 1 aromatic carbocycles. The van der Waals surface area contributed by atoms with E-state index in [0.29, 0.717) is 18.9 Å². The number of hydrogen-bond donors (Lipinski definition) is 1. The number of aromatic nitrogens is 7. The van der Waals surface area contributed by atoms with Gasteiger partial charge < -0.3 is 5.32 Å². The zero-order valence-corrected chi connectivity index (χ0v) is 12.2. The summed E-state index contributed by atoms with van der Waals surface area (Å²) in [7, 11) is 0. The first kappa shape index (κ1) is 13.4. The van der Waals surface area contributed by atoms with Crippen LogP contribution in [0.3, 0.4) is 0 Å². The molecule has 0 saturated heterocycles. The number of rotatable bonds is 5. The smallest absolute Gasteiger partial charge is 0.254 e. The monoisotopic (exact) mass is 306 g/mol. The Bertz CT molecular complexity index is 898. The summed E-state index contributed by atoms with van der Waals surface area (Å²) in [5.41, 5.74) is 1.90. The molecule has 8 heteroatoms. The molecule has 0 saturated carbocycles. The highest BCUT2D eigenvalue weighted by molar-refractivity contribution is 5.65. The topological polar surface area (TPSA) is 85.8 Å². The fraction of sp³-hybridized carbons (Fsp3) is 0.133. The molecule has 3 heterocycles. The van der Waals surface area contributed by atoms with E-state index >= 15 is 0 Å². The Morgan fingerprint density at radius 1 is 1.13 bits per heavy atom. The van der Waals surface area contributed by atoms with Gasteiger partial charge in [-0.25, -0.2) is 4.98 Å². The predicted molar refractivity (Wildman–Crippen MR) is 84.7 cm³/mol. The van der Waals surface area contributed by atoms with Gasteiger partial charge in [0.05, 0.1) is 18.4 Å². The maximum Gasteiger partial charge on any atom is 0.254 e. The second-order valence-electron chi connectivity index (χ2n) is 4.96. The summed E-state index contributed by atoms with van der Waals surface area (Å²) < 4.78 is 3.46. The van der Waals surface area contributed by atoms with Gasteiger partial charge in [-0.05, 0) is 0 Å². The Balaban J connectivity index is 1.63. The average Bonchev–Trinajstić information content (AvgIpc) is 3.26. The number of nitrogens with one attached hydrogen (secondary N) is 1. The predicted octanol–water partition coefficient (Wildman–Crippen LogP) is 1.49. The fourth-order valence-electron chi connectivity index (χ4n) is 2.35. The molecule has 8 nitrogen and oxygen atoms in total. The third-order valence-corrected chi connectivity index (χ3v) is 3.44. The van der Waals surface area contributed by atoms with Crippen molar-refractivity contribution in [1.82, 2.24) is 34.6 Å². The minimum absolute atomic E-state index is 0.564. The summed E-state index contributed by atoms with van der Waals surface area (Å²) in [6, 6.07) is 12.0. The third kappa shape index (κ3) is 2.73. The summed E-state index contributed by atoms with van der Waals surface area (Å²) >= 11 is 0. The highest BCUT2D eigenvalue weighted by Gasteiger charge is 2.08. The van der Waals surface area contributed by atoms with Gasteiger partial charge in [0.15, 0.2) is 0 Å². The summed E-state index contributed by atoms with van der Waals surface area (Å²) in [5, 5.41) is 15.3. The zero-order valence-electron chi connectivity index (χ0n) is 12.2. The quantitative estimate of drug-likeness (QED) is 0.601. The van der Waals surface area contributed by atoms with Gasteiger partial charge in [-0.3, -0.25) is 4.68 Å². The maximum atomic E-state index is 4.55. The van der Waals surface area contributed by atoms with Crippen LogP contribution in [0.1, 0.15) is 0 Å². The lowest BCUT2D eigenvalue weighted by molar-refractivity contribution is 0.607. The van der Waals surface area contributed by atoms with Crippen LogP contribution in [0.2, 0.25) is 0 Å². The van der Waals surface area contributed by atoms with Gasteiger partial charge in [0.1, 0.15) is 12.1 Å². The lowest BCUT2D eigenvalue weighted by Gasteiger charge is -2.10. The van der Waals surface area contributed by atoms with Crippen LogP contribution in [-0.2, 0) is 6.54 Å². The van der Waals surface area contributed by atoms with E-state index in [-0.39, 0.29) is 0 Å². The Labute approximate surface area is 131 Å². The summed E-state index contributed by atoms with van der Waals surface area (Å²) in [6.45, 7) is 1.40. The molecule has 1 N–H and O–H groups in total. The van der Waals surface area contributed by atoms with Crippen LogP contribution in [0.15, 0.2) is 55.1 Å². The molecule has 0 spiro atoms. The first-order valence-electron chi connectivity index (χ1n) is 7.24. The van der Waals surface area contributed by atoms with Crippen molar-refractivity contribution in [3.05, 3.63) is 55.1 Å². The summed E-state index contributed by atoms with van der Waals surface area (Å²) in [4.78, 5) is 8.74. The number of benzene rings is 1. The number of fused-ring (bicyclic) bond motifs is 1. The van der Waals surface area contributed by atoms with Crippen LogP contribution in [0.4, 0.5) is 5.82 Å². The molecule has 4 aromatic rings. The van der Waals surface area contributed by atoms with Crippen LogP contribution in [0, 0.1) is 0 Å². The lowest BCUT2D eigenvalue weighted by Crippen LogP contribution is -2.14. The van der Waals surface area contributed by atoms with E-state index in [1.54, 1.807) is 15.4 Å². The average molecular weight is 306 g/mol. The van der Waals surface area contributed by atoms with Gasteiger partial charge >= 0.3 is 0 Å². The van der Waals surface area contributed by atoms with Gasteiger partial charge in [0.25, 0.3) is 5.78 Å². The standard InChI is InChI=1S/C15H14N8/c1-2-4-12(5-3-1)13-10-14(23-15(20-13)17-11-19-23)16-6-8-22-9-7-18-21-22/h1-5,7,9-11,16H,6,8H2. The van der Waals surface area contributed by atoms with E-state index in [1.165, 1.54) is 6.33 Å². The SMILES string of the molecule is c1ccc(-c2cc(NCCn3ccnn3)n3ncnc3n2)cc1. The van der Waals surface area contributed by atoms with Crippen molar-refractivity contribution in [3.8, 4) is 11.3 Å². The van der Waals surface area contributed by atoms with Gasteiger partial charge in [-0.2, -0.15) is 14.6 Å². The van der Waals surface area contributed by atoms with Crippen molar-refractivity contribution in [1.29, 1.82) is 0 Å². The van der Waals surface area contributed by atoms with Crippen LogP contribution in [0.25, 0.3) is 17.0 Å². The molecule has 0 bridgehead atoms. The van der Waals surface area contributed by atoms with Crippen LogP contribution >= 0.6 is 0 Å². The van der Waals surface area contributed by atoms with Crippen molar-refractivity contribution in [2.75, 3.05) is 11.9 Å². The highest BCUT2D eigenvalue weighted by atomic mass is 15.4. The molecule has 23 heavy (non-hydrogen) atoms. The van der Waals surface area contributed by atoms with E-state index in [9.17, 15) is 0 Å². The van der Waals surface area contributed by atoms with Gasteiger partial charge in [-0.15, -0.1) is 5.10 Å². The van der Waals surface area contributed by atoms with Gasteiger partial charge in [-0.1, -0.05) is 35.5 Å². The van der Waals surface area contributed by atoms with E-state index in [1.807, 2.05) is 42.6 Å². The number of hydrogen-bond acceptors (Lipinski definition) is 6. The second-order valence-corrected chi connectivity index (χ2v) is 4.96. The molecule has 0 aliphatic carbocycles. The molecule has 4 rings (SSSR count). The molecule has 0 radical (unpaired) electrons. The fourth-order valence-corrected chi connectivity index (χ4v) is 2.35. The zero-order chi connectivity index (χ0) is 15.5. The minimum atomic E-state index is 0.564. The van der Waals surface area contributed by atoms with Crippen molar-refractivity contribution >= 4 is 11.6 Å². The van der Waals surface area contributed by atoms with E-state index in [4.69, 9.17) is 0 Å². The third-order valence-electron chi connectivity index (χ3n) is 3.44. The van der Waals surface area contributed by atoms with Crippen molar-refractivity contribution in [2.45, 2.75) is 6.54 Å². The molecule has 0 aliphatic heterocycles. The van der Waals surface area contributed by atoms with E-state index in [0.717, 1.165) is 17.1 Å². The largest absolute Gasteiger partial charge is 0.368 e. The van der Waals surface area contributed by atoms with E-state index < -0.39 is 0 Å². The first-order chi connectivity index (χ1) is 11.4. The molecule has 0 atom stereocenters. The molecule has 0 amide bonds. The van der Waals surface area contributed by atoms with Crippen LogP contribution < -0.4 is 5.32 Å². The minimum Gasteiger partial charge on any atom is -0.368 e. The number of anilines is 1. The molecule has 0 aliphatic rings. The van der Waals surface area contributed by atoms with Crippen molar-refractivity contribution < 1.29 is 0 Å². The second kappa shape index (κ2) is 5.84. The molecular weight excluding hydrogens is 292 g/mol. The Morgan fingerprint density at radius 3 is 2.87 bits per heavy atom. The molecule has 0 fully saturated rings. The Kier molecular flexibility index (Phi) is 3.39. The first-order valence-corrected chi connectivity index (χ1v) is 7.24. The highest BCUT2D eigenvalue weighted by Crippen LogP contribution is 2.20. The van der Waals surface area contributed by atoms with Crippen molar-refractivity contribution in [2.24, 2.45) is 0 Å². The lowest BCUT2D eigenvalue weighted by atomic mass is 10.1. The van der Waals surface area contributed by atoms with Gasteiger partial charge in [0.2, 0.25) is 0 Å². The molecule has 114 valence electrons. The van der Waals surface area contributed by atoms with Gasteiger partial charge in [0, 0.05) is 24.4 Å². The Hall–Kier alpha value is -3.29. The summed E-state index contributed by atoms with van der Waals surface area (Å²) in [5.74, 6) is 1.40. The summed E-state index contributed by atoms with van der Waals surface area (Å²) in [6.07, 6.45) is 4.99. The van der Waals surface area contributed by atoms with Crippen LogP contribution in [-0.4, -0.2) is 41.1 Å². The number of nitrogens with zero attached hydrogens (tertiary/aromatic N) is 7. The van der Waals surface area contributed by atoms with E-state index in [2.05, 4.69) is 30.7 Å². The molecule has 3 aromatic heterocycles. The molecular formula is C15H14N8.